The van der Waals surface area contributed by atoms with Gasteiger partial charge in [0.25, 0.3) is 5.91 Å². The lowest BCUT2D eigenvalue weighted by Gasteiger charge is -2.21. The standard InChI is InChI=1S/C19H19ClN4O3S2/c1-12(2)24(3)29(26,27)14-9-10-16(20)15(11-14)17(25)21-19-23-22-18(28-19)13-7-5-4-6-8-13/h4-12H,1-3H3,(H,21,23,25). The van der Waals surface area contributed by atoms with Crippen molar-refractivity contribution in [2.45, 2.75) is 24.8 Å². The molecule has 2 aromatic carbocycles. The summed E-state index contributed by atoms with van der Waals surface area (Å²) in [4.78, 5) is 12.7. The first-order valence-electron chi connectivity index (χ1n) is 8.68. The highest BCUT2D eigenvalue weighted by Gasteiger charge is 2.25. The molecule has 0 aliphatic heterocycles. The van der Waals surface area contributed by atoms with Gasteiger partial charge in [0.15, 0.2) is 0 Å². The van der Waals surface area contributed by atoms with E-state index in [0.29, 0.717) is 5.01 Å². The minimum absolute atomic E-state index is 0.00881. The molecule has 1 amide bonds. The second-order valence-electron chi connectivity index (χ2n) is 6.49. The Morgan fingerprint density at radius 3 is 2.48 bits per heavy atom. The molecule has 0 atom stereocenters. The van der Waals surface area contributed by atoms with E-state index in [9.17, 15) is 13.2 Å². The summed E-state index contributed by atoms with van der Waals surface area (Å²) in [7, 11) is -2.26. The molecule has 0 aliphatic carbocycles. The van der Waals surface area contributed by atoms with Gasteiger partial charge in [-0.15, -0.1) is 10.2 Å². The Morgan fingerprint density at radius 1 is 1.14 bits per heavy atom. The summed E-state index contributed by atoms with van der Waals surface area (Å²) in [6.45, 7) is 3.53. The van der Waals surface area contributed by atoms with Crippen LogP contribution in [0.1, 0.15) is 24.2 Å². The fourth-order valence-electron chi connectivity index (χ4n) is 2.42. The number of aromatic nitrogens is 2. The predicted octanol–water partition coefficient (Wildman–Crippen LogP) is 4.14. The Balaban J connectivity index is 1.86. The van der Waals surface area contributed by atoms with Crippen molar-refractivity contribution >= 4 is 44.0 Å². The van der Waals surface area contributed by atoms with E-state index in [-0.39, 0.29) is 26.7 Å². The zero-order valence-electron chi connectivity index (χ0n) is 16.0. The lowest BCUT2D eigenvalue weighted by atomic mass is 10.2. The average molecular weight is 451 g/mol. The van der Waals surface area contributed by atoms with Crippen LogP contribution < -0.4 is 5.32 Å². The Bertz CT molecular complexity index is 1130. The molecule has 0 radical (unpaired) electrons. The number of carbonyl (C=O) groups excluding carboxylic acids is 1. The molecule has 29 heavy (non-hydrogen) atoms. The van der Waals surface area contributed by atoms with Gasteiger partial charge in [0, 0.05) is 18.7 Å². The summed E-state index contributed by atoms with van der Waals surface area (Å²) in [5, 5.41) is 11.8. The monoisotopic (exact) mass is 450 g/mol. The largest absolute Gasteiger partial charge is 0.296 e. The number of halogens is 1. The van der Waals surface area contributed by atoms with Crippen molar-refractivity contribution in [3.05, 3.63) is 59.1 Å². The normalized spacial score (nSPS) is 11.8. The zero-order valence-corrected chi connectivity index (χ0v) is 18.3. The maximum Gasteiger partial charge on any atom is 0.259 e. The second-order valence-corrected chi connectivity index (χ2v) is 9.87. The van der Waals surface area contributed by atoms with Crippen molar-refractivity contribution in [3.8, 4) is 10.6 Å². The smallest absolute Gasteiger partial charge is 0.259 e. The number of benzene rings is 2. The van der Waals surface area contributed by atoms with Crippen molar-refractivity contribution < 1.29 is 13.2 Å². The molecular formula is C19H19ClN4O3S2. The number of sulfonamides is 1. The molecule has 0 spiro atoms. The average Bonchev–Trinajstić information content (AvgIpc) is 3.16. The lowest BCUT2D eigenvalue weighted by Crippen LogP contribution is -2.33. The summed E-state index contributed by atoms with van der Waals surface area (Å²) >= 11 is 7.36. The SMILES string of the molecule is CC(C)N(C)S(=O)(=O)c1ccc(Cl)c(C(=O)Nc2nnc(-c3ccccc3)s2)c1. The van der Waals surface area contributed by atoms with E-state index in [2.05, 4.69) is 15.5 Å². The van der Waals surface area contributed by atoms with E-state index in [1.165, 1.54) is 40.9 Å². The van der Waals surface area contributed by atoms with Gasteiger partial charge in [0.2, 0.25) is 15.2 Å². The molecule has 10 heteroatoms. The molecule has 0 saturated carbocycles. The first-order chi connectivity index (χ1) is 13.7. The Kier molecular flexibility index (Phi) is 6.33. The summed E-state index contributed by atoms with van der Waals surface area (Å²) in [5.41, 5.74) is 0.926. The van der Waals surface area contributed by atoms with Gasteiger partial charge >= 0.3 is 0 Å². The number of nitrogens with zero attached hydrogens (tertiary/aromatic N) is 3. The Morgan fingerprint density at radius 2 is 1.83 bits per heavy atom. The van der Waals surface area contributed by atoms with Gasteiger partial charge in [-0.25, -0.2) is 8.42 Å². The van der Waals surface area contributed by atoms with Crippen LogP contribution in [-0.4, -0.2) is 41.9 Å². The highest BCUT2D eigenvalue weighted by molar-refractivity contribution is 7.89. The third-order valence-corrected chi connectivity index (χ3v) is 7.50. The number of nitrogens with one attached hydrogen (secondary N) is 1. The molecule has 0 bridgehead atoms. The van der Waals surface area contributed by atoms with Crippen molar-refractivity contribution in [2.75, 3.05) is 12.4 Å². The number of amides is 1. The van der Waals surface area contributed by atoms with Crippen LogP contribution in [0.3, 0.4) is 0 Å². The number of hydrogen-bond acceptors (Lipinski definition) is 6. The van der Waals surface area contributed by atoms with E-state index in [4.69, 9.17) is 11.6 Å². The van der Waals surface area contributed by atoms with E-state index < -0.39 is 15.9 Å². The third kappa shape index (κ3) is 4.64. The zero-order chi connectivity index (χ0) is 21.2. The topological polar surface area (TPSA) is 92.3 Å². The quantitative estimate of drug-likeness (QED) is 0.609. The number of carbonyl (C=O) groups is 1. The lowest BCUT2D eigenvalue weighted by molar-refractivity contribution is 0.102. The number of hydrogen-bond donors (Lipinski definition) is 1. The summed E-state index contributed by atoms with van der Waals surface area (Å²) in [5.74, 6) is -0.560. The molecule has 0 unspecified atom stereocenters. The van der Waals surface area contributed by atoms with E-state index >= 15 is 0 Å². The van der Waals surface area contributed by atoms with Gasteiger partial charge < -0.3 is 0 Å². The molecular weight excluding hydrogens is 432 g/mol. The van der Waals surface area contributed by atoms with Gasteiger partial charge in [-0.1, -0.05) is 53.3 Å². The van der Waals surface area contributed by atoms with Gasteiger partial charge in [-0.05, 0) is 32.0 Å². The first kappa shape index (κ1) is 21.4. The summed E-state index contributed by atoms with van der Waals surface area (Å²) in [6.07, 6.45) is 0. The van der Waals surface area contributed by atoms with Gasteiger partial charge in [0.05, 0.1) is 15.5 Å². The van der Waals surface area contributed by atoms with Crippen molar-refractivity contribution in [1.29, 1.82) is 0 Å². The molecule has 152 valence electrons. The second kappa shape index (κ2) is 8.58. The van der Waals surface area contributed by atoms with E-state index in [0.717, 1.165) is 5.56 Å². The van der Waals surface area contributed by atoms with Crippen LogP contribution in [0.5, 0.6) is 0 Å². The van der Waals surface area contributed by atoms with Crippen LogP contribution in [0.25, 0.3) is 10.6 Å². The molecule has 0 fully saturated rings. The van der Waals surface area contributed by atoms with Gasteiger partial charge in [-0.3, -0.25) is 10.1 Å². The molecule has 1 heterocycles. The van der Waals surface area contributed by atoms with Crippen molar-refractivity contribution in [1.82, 2.24) is 14.5 Å². The highest BCUT2D eigenvalue weighted by Crippen LogP contribution is 2.28. The molecule has 7 nitrogen and oxygen atoms in total. The number of rotatable bonds is 6. The summed E-state index contributed by atoms with van der Waals surface area (Å²) < 4.78 is 26.6. The molecule has 3 rings (SSSR count). The van der Waals surface area contributed by atoms with Crippen LogP contribution in [0.2, 0.25) is 5.02 Å². The van der Waals surface area contributed by atoms with Crippen LogP contribution in [0, 0.1) is 0 Å². The maximum atomic E-state index is 12.7. The molecule has 0 aliphatic rings. The van der Waals surface area contributed by atoms with Gasteiger partial charge in [0.1, 0.15) is 5.01 Å². The fraction of sp³-hybridized carbons (Fsp3) is 0.211. The van der Waals surface area contributed by atoms with E-state index in [1.807, 2.05) is 30.3 Å². The Hall–Kier alpha value is -2.33. The van der Waals surface area contributed by atoms with Crippen LogP contribution >= 0.6 is 22.9 Å². The highest BCUT2D eigenvalue weighted by atomic mass is 35.5. The minimum atomic E-state index is -3.75. The minimum Gasteiger partial charge on any atom is -0.296 e. The van der Waals surface area contributed by atoms with E-state index in [1.54, 1.807) is 13.8 Å². The molecule has 3 aromatic rings. The van der Waals surface area contributed by atoms with Crippen molar-refractivity contribution in [2.24, 2.45) is 0 Å². The van der Waals surface area contributed by atoms with Crippen LogP contribution in [-0.2, 0) is 10.0 Å². The molecule has 1 N–H and O–H groups in total. The van der Waals surface area contributed by atoms with Crippen molar-refractivity contribution in [3.63, 3.8) is 0 Å². The predicted molar refractivity (Wildman–Crippen MR) is 115 cm³/mol. The third-order valence-electron chi connectivity index (χ3n) is 4.25. The summed E-state index contributed by atoms with van der Waals surface area (Å²) in [6, 6.07) is 13.3. The maximum absolute atomic E-state index is 12.7. The molecule has 1 aromatic heterocycles. The van der Waals surface area contributed by atoms with Gasteiger partial charge in [-0.2, -0.15) is 4.31 Å². The first-order valence-corrected chi connectivity index (χ1v) is 11.3. The molecule has 0 saturated heterocycles. The van der Waals surface area contributed by atoms with Crippen LogP contribution in [0.15, 0.2) is 53.4 Å². The van der Waals surface area contributed by atoms with Crippen LogP contribution in [0.4, 0.5) is 5.13 Å². The Labute approximate surface area is 178 Å². The number of anilines is 1. The fourth-order valence-corrected chi connectivity index (χ4v) is 4.76.